The van der Waals surface area contributed by atoms with Gasteiger partial charge < -0.3 is 15.0 Å². The van der Waals surface area contributed by atoms with Gasteiger partial charge in [-0.15, -0.1) is 11.3 Å². The second kappa shape index (κ2) is 10.2. The maximum Gasteiger partial charge on any atom is 0.261 e. The second-order valence-electron chi connectivity index (χ2n) is 7.81. The van der Waals surface area contributed by atoms with E-state index in [1.807, 2.05) is 6.07 Å². The minimum Gasteiger partial charge on any atom is -0.379 e. The molecule has 29 heavy (non-hydrogen) atoms. The Balaban J connectivity index is 1.48. The number of carbonyl (C=O) groups excluding carboxylic acids is 1. The highest BCUT2D eigenvalue weighted by atomic mass is 32.1. The Kier molecular flexibility index (Phi) is 7.19. The standard InChI is InChI=1S/C23H31N3O2S/c27-22(24-10-13-25-14-16-28-17-15-25)21-18-20(19-8-4-3-5-9-19)23(29-21)26-11-6-1-2-7-12-26/h3-5,8-9,18H,1-2,6-7,10-17H2,(H,24,27). The van der Waals surface area contributed by atoms with Gasteiger partial charge in [-0.2, -0.15) is 0 Å². The van der Waals surface area contributed by atoms with E-state index in [4.69, 9.17) is 4.74 Å². The largest absolute Gasteiger partial charge is 0.379 e. The van der Waals surface area contributed by atoms with Crippen LogP contribution in [0.1, 0.15) is 35.4 Å². The zero-order valence-corrected chi connectivity index (χ0v) is 17.9. The molecule has 2 aliphatic heterocycles. The lowest BCUT2D eigenvalue weighted by molar-refractivity contribution is 0.0383. The number of amides is 1. The van der Waals surface area contributed by atoms with Gasteiger partial charge >= 0.3 is 0 Å². The Morgan fingerprint density at radius 2 is 1.72 bits per heavy atom. The number of anilines is 1. The fraction of sp³-hybridized carbons (Fsp3) is 0.522. The van der Waals surface area contributed by atoms with Crippen LogP contribution in [0.2, 0.25) is 0 Å². The average molecular weight is 414 g/mol. The molecule has 0 unspecified atom stereocenters. The molecule has 2 fully saturated rings. The number of hydrogen-bond donors (Lipinski definition) is 1. The minimum atomic E-state index is 0.0431. The van der Waals surface area contributed by atoms with E-state index in [0.717, 1.165) is 50.8 Å². The van der Waals surface area contributed by atoms with E-state index in [2.05, 4.69) is 45.4 Å². The van der Waals surface area contributed by atoms with Crippen molar-refractivity contribution in [1.29, 1.82) is 0 Å². The molecule has 156 valence electrons. The topological polar surface area (TPSA) is 44.8 Å². The summed E-state index contributed by atoms with van der Waals surface area (Å²) in [5.41, 5.74) is 2.38. The summed E-state index contributed by atoms with van der Waals surface area (Å²) in [6, 6.07) is 12.6. The number of hydrogen-bond acceptors (Lipinski definition) is 5. The molecular formula is C23H31N3O2S. The highest BCUT2D eigenvalue weighted by Crippen LogP contribution is 2.39. The van der Waals surface area contributed by atoms with Gasteiger partial charge in [0.05, 0.1) is 23.1 Å². The first-order valence-corrected chi connectivity index (χ1v) is 11.7. The van der Waals surface area contributed by atoms with E-state index < -0.39 is 0 Å². The molecule has 4 rings (SSSR count). The average Bonchev–Trinajstić information content (AvgIpc) is 3.04. The van der Waals surface area contributed by atoms with Crippen LogP contribution in [-0.2, 0) is 4.74 Å². The number of carbonyl (C=O) groups is 1. The molecule has 1 N–H and O–H groups in total. The molecule has 2 aromatic rings. The van der Waals surface area contributed by atoms with Crippen LogP contribution < -0.4 is 10.2 Å². The zero-order chi connectivity index (χ0) is 19.9. The Bertz CT molecular complexity index is 779. The Morgan fingerprint density at radius 3 is 2.45 bits per heavy atom. The van der Waals surface area contributed by atoms with Crippen LogP contribution >= 0.6 is 11.3 Å². The van der Waals surface area contributed by atoms with Crippen molar-refractivity contribution in [3.05, 3.63) is 41.3 Å². The number of rotatable bonds is 6. The van der Waals surface area contributed by atoms with Gasteiger partial charge in [0.2, 0.25) is 0 Å². The van der Waals surface area contributed by atoms with Gasteiger partial charge in [-0.25, -0.2) is 0 Å². The first-order valence-electron chi connectivity index (χ1n) is 10.8. The summed E-state index contributed by atoms with van der Waals surface area (Å²) in [6.45, 7) is 7.20. The van der Waals surface area contributed by atoms with Crippen molar-refractivity contribution in [2.75, 3.05) is 57.4 Å². The minimum absolute atomic E-state index is 0.0431. The lowest BCUT2D eigenvalue weighted by Crippen LogP contribution is -2.41. The van der Waals surface area contributed by atoms with Crippen LogP contribution in [0.3, 0.4) is 0 Å². The fourth-order valence-electron chi connectivity index (χ4n) is 4.07. The van der Waals surface area contributed by atoms with E-state index in [1.165, 1.54) is 41.8 Å². The van der Waals surface area contributed by atoms with Crippen LogP contribution in [-0.4, -0.2) is 63.3 Å². The molecule has 1 aromatic heterocycles. The highest BCUT2D eigenvalue weighted by Gasteiger charge is 2.21. The first kappa shape index (κ1) is 20.4. The Morgan fingerprint density at radius 1 is 1.00 bits per heavy atom. The molecule has 0 aliphatic carbocycles. The summed E-state index contributed by atoms with van der Waals surface area (Å²) in [4.78, 5) is 18.5. The number of ether oxygens (including phenoxy) is 1. The number of nitrogens with one attached hydrogen (secondary N) is 1. The molecule has 0 saturated carbocycles. The molecule has 3 heterocycles. The Hall–Kier alpha value is -1.89. The molecule has 0 atom stereocenters. The summed E-state index contributed by atoms with van der Waals surface area (Å²) in [5, 5.41) is 4.37. The fourth-order valence-corrected chi connectivity index (χ4v) is 5.21. The van der Waals surface area contributed by atoms with Crippen LogP contribution in [0.5, 0.6) is 0 Å². The normalized spacial score (nSPS) is 18.4. The van der Waals surface area contributed by atoms with Crippen molar-refractivity contribution in [3.63, 3.8) is 0 Å². The number of morpholine rings is 1. The summed E-state index contributed by atoms with van der Waals surface area (Å²) < 4.78 is 5.39. The second-order valence-corrected chi connectivity index (χ2v) is 8.84. The molecule has 0 spiro atoms. The number of benzene rings is 1. The van der Waals surface area contributed by atoms with Gasteiger partial charge in [-0.1, -0.05) is 43.2 Å². The third-order valence-electron chi connectivity index (χ3n) is 5.73. The van der Waals surface area contributed by atoms with Crippen molar-refractivity contribution in [1.82, 2.24) is 10.2 Å². The molecule has 2 saturated heterocycles. The van der Waals surface area contributed by atoms with Crippen molar-refractivity contribution in [2.45, 2.75) is 25.7 Å². The monoisotopic (exact) mass is 413 g/mol. The van der Waals surface area contributed by atoms with Crippen LogP contribution in [0.15, 0.2) is 36.4 Å². The zero-order valence-electron chi connectivity index (χ0n) is 17.1. The molecule has 5 nitrogen and oxygen atoms in total. The predicted octanol–water partition coefficient (Wildman–Crippen LogP) is 3.86. The van der Waals surface area contributed by atoms with Gasteiger partial charge in [0, 0.05) is 44.8 Å². The summed E-state index contributed by atoms with van der Waals surface area (Å²) in [7, 11) is 0. The molecule has 2 aliphatic rings. The molecule has 0 bridgehead atoms. The SMILES string of the molecule is O=C(NCCN1CCOCC1)c1cc(-c2ccccc2)c(N2CCCCCC2)s1. The van der Waals surface area contributed by atoms with E-state index in [1.54, 1.807) is 11.3 Å². The third-order valence-corrected chi connectivity index (χ3v) is 6.93. The van der Waals surface area contributed by atoms with Gasteiger partial charge in [0.15, 0.2) is 0 Å². The first-order chi connectivity index (χ1) is 14.3. The van der Waals surface area contributed by atoms with Gasteiger partial charge in [0.25, 0.3) is 5.91 Å². The van der Waals surface area contributed by atoms with E-state index in [-0.39, 0.29) is 5.91 Å². The van der Waals surface area contributed by atoms with Crippen LogP contribution in [0, 0.1) is 0 Å². The predicted molar refractivity (Wildman–Crippen MR) is 120 cm³/mol. The maximum absolute atomic E-state index is 12.9. The Labute approximate surface area is 177 Å². The molecule has 6 heteroatoms. The highest BCUT2D eigenvalue weighted by molar-refractivity contribution is 7.18. The summed E-state index contributed by atoms with van der Waals surface area (Å²) in [5.74, 6) is 0.0431. The van der Waals surface area contributed by atoms with E-state index in [9.17, 15) is 4.79 Å². The lowest BCUT2D eigenvalue weighted by Gasteiger charge is -2.26. The van der Waals surface area contributed by atoms with Gasteiger partial charge in [0.1, 0.15) is 0 Å². The van der Waals surface area contributed by atoms with Crippen LogP contribution in [0.25, 0.3) is 11.1 Å². The maximum atomic E-state index is 12.9. The van der Waals surface area contributed by atoms with Crippen molar-refractivity contribution >= 4 is 22.2 Å². The van der Waals surface area contributed by atoms with Gasteiger partial charge in [-0.05, 0) is 24.5 Å². The smallest absolute Gasteiger partial charge is 0.261 e. The van der Waals surface area contributed by atoms with Crippen molar-refractivity contribution in [3.8, 4) is 11.1 Å². The third kappa shape index (κ3) is 5.38. The summed E-state index contributed by atoms with van der Waals surface area (Å²) >= 11 is 1.64. The van der Waals surface area contributed by atoms with Crippen molar-refractivity contribution in [2.24, 2.45) is 0 Å². The number of nitrogens with zero attached hydrogens (tertiary/aromatic N) is 2. The molecule has 1 amide bonds. The number of thiophene rings is 1. The van der Waals surface area contributed by atoms with E-state index in [0.29, 0.717) is 6.54 Å². The lowest BCUT2D eigenvalue weighted by atomic mass is 10.1. The quantitative estimate of drug-likeness (QED) is 0.781. The molecule has 1 aromatic carbocycles. The molecule has 0 radical (unpaired) electrons. The summed E-state index contributed by atoms with van der Waals surface area (Å²) in [6.07, 6.45) is 5.06. The van der Waals surface area contributed by atoms with Crippen LogP contribution in [0.4, 0.5) is 5.00 Å². The van der Waals surface area contributed by atoms with E-state index >= 15 is 0 Å². The molecular weight excluding hydrogens is 382 g/mol. The van der Waals surface area contributed by atoms with Crippen molar-refractivity contribution < 1.29 is 9.53 Å². The van der Waals surface area contributed by atoms with Gasteiger partial charge in [-0.3, -0.25) is 9.69 Å².